The quantitative estimate of drug-likeness (QED) is 0.384. The molecule has 0 aromatic heterocycles. The van der Waals surface area contributed by atoms with Gasteiger partial charge in [0.15, 0.2) is 0 Å². The van der Waals surface area contributed by atoms with Gasteiger partial charge >= 0.3 is 0 Å². The van der Waals surface area contributed by atoms with Gasteiger partial charge in [0.2, 0.25) is 0 Å². The van der Waals surface area contributed by atoms with Gasteiger partial charge in [0.05, 0.1) is 0 Å². The highest BCUT2D eigenvalue weighted by atomic mass is 14.7. The monoisotopic (exact) mass is 462 g/mol. The molecule has 0 radical (unpaired) electrons. The number of fused-ring (bicyclic) bond motifs is 3. The average Bonchev–Trinajstić information content (AvgIpc) is 2.78. The van der Waals surface area contributed by atoms with Crippen LogP contribution in [0, 0.1) is 41.4 Å². The van der Waals surface area contributed by atoms with Gasteiger partial charge in [-0.25, -0.2) is 0 Å². The first-order chi connectivity index (χ1) is 16.2. The van der Waals surface area contributed by atoms with Crippen molar-refractivity contribution < 1.29 is 0 Å². The summed E-state index contributed by atoms with van der Waals surface area (Å²) in [5, 5.41) is 0. The SMILES string of the molecule is C#C/C=C/c1ccc2c(c1C)C(=C)C1=C(C)[C@@]3(C)C(=C)C(C(=C)C)=C(C)C[C@@]3(C)[C@H](C)[C@@]1(C)[C@@H]2C. The Labute approximate surface area is 214 Å². The van der Waals surface area contributed by atoms with Crippen molar-refractivity contribution in [3.63, 3.8) is 0 Å². The molecule has 5 atom stereocenters. The van der Waals surface area contributed by atoms with E-state index in [1.807, 2.05) is 6.08 Å². The number of benzene rings is 1. The minimum Gasteiger partial charge on any atom is -0.115 e. The van der Waals surface area contributed by atoms with E-state index in [2.05, 4.69) is 86.9 Å². The lowest BCUT2D eigenvalue weighted by atomic mass is 9.37. The summed E-state index contributed by atoms with van der Waals surface area (Å²) in [5.74, 6) is 3.43. The van der Waals surface area contributed by atoms with E-state index in [4.69, 9.17) is 19.6 Å². The summed E-state index contributed by atoms with van der Waals surface area (Å²) in [6.45, 7) is 35.2. The molecule has 0 fully saturated rings. The number of hydrogen-bond acceptors (Lipinski definition) is 0. The molecular formula is C35H42. The summed E-state index contributed by atoms with van der Waals surface area (Å²) in [5.41, 5.74) is 14.1. The number of rotatable bonds is 2. The maximum Gasteiger partial charge on any atom is 0.0196 e. The highest BCUT2D eigenvalue weighted by Gasteiger charge is 2.64. The fourth-order valence-corrected chi connectivity index (χ4v) is 8.48. The van der Waals surface area contributed by atoms with Crippen molar-refractivity contribution in [3.8, 4) is 12.3 Å². The van der Waals surface area contributed by atoms with Crippen LogP contribution in [-0.2, 0) is 0 Å². The summed E-state index contributed by atoms with van der Waals surface area (Å²) in [4.78, 5) is 0. The van der Waals surface area contributed by atoms with Crippen LogP contribution >= 0.6 is 0 Å². The highest BCUT2D eigenvalue weighted by molar-refractivity contribution is 5.88. The van der Waals surface area contributed by atoms with Crippen LogP contribution in [0.4, 0.5) is 0 Å². The fourth-order valence-electron chi connectivity index (χ4n) is 8.48. The second-order valence-corrected chi connectivity index (χ2v) is 12.1. The third kappa shape index (κ3) is 2.88. The molecule has 0 aliphatic heterocycles. The summed E-state index contributed by atoms with van der Waals surface area (Å²) in [7, 11) is 0. The summed E-state index contributed by atoms with van der Waals surface area (Å²) < 4.78 is 0. The largest absolute Gasteiger partial charge is 0.115 e. The molecule has 1 aromatic rings. The smallest absolute Gasteiger partial charge is 0.0196 e. The molecule has 0 nitrogen and oxygen atoms in total. The molecule has 0 spiro atoms. The standard InChI is InChI=1S/C35H42/c1-14-15-16-28-17-18-29-24(7)34(12)27(10)33(11)19-21(4)30(20(2)3)25(8)35(33,13)26(9)32(34)23(6)31(29)22(28)5/h1,15-18,24,27H,2,6,8,19H2,3-5,7,9-13H3/b16-15+/t24-,27+,33+,34-,35-/m1/s1. The second-order valence-electron chi connectivity index (χ2n) is 12.1. The van der Waals surface area contributed by atoms with Crippen molar-refractivity contribution in [1.29, 1.82) is 0 Å². The zero-order valence-electron chi connectivity index (χ0n) is 23.4. The first kappa shape index (κ1) is 25.3. The first-order valence-electron chi connectivity index (χ1n) is 12.9. The van der Waals surface area contributed by atoms with Crippen molar-refractivity contribution in [2.75, 3.05) is 0 Å². The van der Waals surface area contributed by atoms with Crippen LogP contribution in [0.2, 0.25) is 0 Å². The number of hydrogen-bond donors (Lipinski definition) is 0. The highest BCUT2D eigenvalue weighted by Crippen LogP contribution is 2.74. The number of terminal acetylenes is 1. The Morgan fingerprint density at radius 2 is 1.74 bits per heavy atom. The Hall–Kier alpha value is -2.78. The lowest BCUT2D eigenvalue weighted by Crippen LogP contribution is -2.58. The molecule has 0 amide bonds. The first-order valence-corrected chi connectivity index (χ1v) is 12.9. The molecule has 0 bridgehead atoms. The Bertz CT molecular complexity index is 1330. The molecule has 35 heavy (non-hydrogen) atoms. The van der Waals surface area contributed by atoms with Crippen LogP contribution in [0.15, 0.2) is 71.4 Å². The Morgan fingerprint density at radius 3 is 2.31 bits per heavy atom. The van der Waals surface area contributed by atoms with Gasteiger partial charge in [-0.2, -0.15) is 0 Å². The van der Waals surface area contributed by atoms with Gasteiger partial charge in [-0.05, 0) is 108 Å². The molecule has 0 saturated heterocycles. The zero-order chi connectivity index (χ0) is 26.2. The van der Waals surface area contributed by atoms with Crippen LogP contribution in [0.3, 0.4) is 0 Å². The lowest BCUT2D eigenvalue weighted by molar-refractivity contribution is -0.0260. The maximum absolute atomic E-state index is 5.52. The third-order valence-corrected chi connectivity index (χ3v) is 10.9. The van der Waals surface area contributed by atoms with Crippen LogP contribution in [0.5, 0.6) is 0 Å². The van der Waals surface area contributed by atoms with Gasteiger partial charge < -0.3 is 0 Å². The Morgan fingerprint density at radius 1 is 1.11 bits per heavy atom. The van der Waals surface area contributed by atoms with Crippen LogP contribution in [0.1, 0.15) is 90.0 Å². The molecule has 0 unspecified atom stereocenters. The maximum atomic E-state index is 5.52. The predicted molar refractivity (Wildman–Crippen MR) is 154 cm³/mol. The molecule has 0 heterocycles. The molecule has 3 aliphatic rings. The van der Waals surface area contributed by atoms with E-state index in [1.54, 1.807) is 6.08 Å². The van der Waals surface area contributed by atoms with Crippen LogP contribution in [-0.4, -0.2) is 0 Å². The van der Waals surface area contributed by atoms with Crippen LogP contribution < -0.4 is 0 Å². The molecular weight excluding hydrogens is 420 g/mol. The Kier molecular flexibility index (Phi) is 5.69. The topological polar surface area (TPSA) is 0 Å². The summed E-state index contributed by atoms with van der Waals surface area (Å²) in [6.07, 6.45) is 10.4. The fraction of sp³-hybridized carbons (Fsp3) is 0.429. The minimum absolute atomic E-state index is 0.0215. The average molecular weight is 463 g/mol. The van der Waals surface area contributed by atoms with E-state index in [0.29, 0.717) is 11.8 Å². The molecule has 4 rings (SSSR count). The van der Waals surface area contributed by atoms with Gasteiger partial charge in [0.1, 0.15) is 0 Å². The van der Waals surface area contributed by atoms with Crippen molar-refractivity contribution >= 4 is 11.6 Å². The van der Waals surface area contributed by atoms with Gasteiger partial charge in [0, 0.05) is 10.8 Å². The van der Waals surface area contributed by atoms with Gasteiger partial charge in [0.25, 0.3) is 0 Å². The summed E-state index contributed by atoms with van der Waals surface area (Å²) in [6, 6.07) is 4.54. The molecule has 1 aromatic carbocycles. The molecule has 0 N–H and O–H groups in total. The molecule has 3 aliphatic carbocycles. The van der Waals surface area contributed by atoms with E-state index >= 15 is 0 Å². The van der Waals surface area contributed by atoms with E-state index in [0.717, 1.165) is 12.0 Å². The van der Waals surface area contributed by atoms with Crippen molar-refractivity contribution in [3.05, 3.63) is 93.6 Å². The van der Waals surface area contributed by atoms with Crippen LogP contribution in [0.25, 0.3) is 11.6 Å². The number of allylic oxidation sites excluding steroid dienone is 8. The third-order valence-electron chi connectivity index (χ3n) is 10.9. The van der Waals surface area contributed by atoms with Crippen molar-refractivity contribution in [2.24, 2.45) is 22.2 Å². The molecule has 0 saturated carbocycles. The Balaban J connectivity index is 2.08. The van der Waals surface area contributed by atoms with Gasteiger partial charge in [-0.1, -0.05) is 89.1 Å². The molecule has 182 valence electrons. The van der Waals surface area contributed by atoms with E-state index in [1.165, 1.54) is 55.7 Å². The second kappa shape index (κ2) is 7.86. The van der Waals surface area contributed by atoms with E-state index < -0.39 is 0 Å². The molecule has 0 heteroatoms. The van der Waals surface area contributed by atoms with Gasteiger partial charge in [-0.15, -0.1) is 6.42 Å². The van der Waals surface area contributed by atoms with Crippen molar-refractivity contribution in [2.45, 2.75) is 74.7 Å². The summed E-state index contributed by atoms with van der Waals surface area (Å²) >= 11 is 0. The van der Waals surface area contributed by atoms with E-state index in [9.17, 15) is 0 Å². The minimum atomic E-state index is -0.163. The normalized spacial score (nSPS) is 34.5. The van der Waals surface area contributed by atoms with Crippen molar-refractivity contribution in [1.82, 2.24) is 0 Å². The van der Waals surface area contributed by atoms with Gasteiger partial charge in [-0.3, -0.25) is 0 Å². The zero-order valence-corrected chi connectivity index (χ0v) is 23.4. The predicted octanol–water partition coefficient (Wildman–Crippen LogP) is 9.61. The lowest BCUT2D eigenvalue weighted by Gasteiger charge is -2.67. The van der Waals surface area contributed by atoms with E-state index in [-0.39, 0.29) is 16.2 Å².